The van der Waals surface area contributed by atoms with E-state index in [4.69, 9.17) is 5.73 Å². The zero-order chi connectivity index (χ0) is 9.30. The Morgan fingerprint density at radius 1 is 1.42 bits per heavy atom. The van der Waals surface area contributed by atoms with Crippen LogP contribution in [0.1, 0.15) is 15.9 Å². The van der Waals surface area contributed by atoms with Gasteiger partial charge in [-0.2, -0.15) is 0 Å². The van der Waals surface area contributed by atoms with Crippen LogP contribution in [-0.2, 0) is 0 Å². The zero-order valence-corrected chi connectivity index (χ0v) is 9.57. The van der Waals surface area contributed by atoms with Crippen LogP contribution in [-0.4, -0.2) is 5.91 Å². The third-order valence-electron chi connectivity index (χ3n) is 1.44. The number of primary amides is 1. The predicted octanol–water partition coefficient (Wildman–Crippen LogP) is 2.62. The summed E-state index contributed by atoms with van der Waals surface area (Å²) in [4.78, 5) is 10.9. The van der Waals surface area contributed by atoms with E-state index in [1.54, 1.807) is 6.07 Å². The van der Waals surface area contributed by atoms with Crippen LogP contribution in [0.2, 0.25) is 0 Å². The molecular formula is C8H7Br2NO. The molecule has 0 aliphatic heterocycles. The van der Waals surface area contributed by atoms with Gasteiger partial charge < -0.3 is 5.73 Å². The van der Waals surface area contributed by atoms with Crippen molar-refractivity contribution in [2.75, 3.05) is 0 Å². The second-order valence-corrected chi connectivity index (χ2v) is 4.12. The molecule has 0 aromatic heterocycles. The maximum absolute atomic E-state index is 10.9. The molecule has 0 radical (unpaired) electrons. The van der Waals surface area contributed by atoms with Crippen molar-refractivity contribution < 1.29 is 4.79 Å². The summed E-state index contributed by atoms with van der Waals surface area (Å²) in [5.74, 6) is -0.425. The van der Waals surface area contributed by atoms with Crippen LogP contribution in [0.3, 0.4) is 0 Å². The van der Waals surface area contributed by atoms with Crippen molar-refractivity contribution in [3.63, 3.8) is 0 Å². The van der Waals surface area contributed by atoms with Crippen LogP contribution in [0.15, 0.2) is 21.1 Å². The first kappa shape index (κ1) is 9.74. The smallest absolute Gasteiger partial charge is 0.249 e. The van der Waals surface area contributed by atoms with Gasteiger partial charge in [-0.25, -0.2) is 0 Å². The van der Waals surface area contributed by atoms with Gasteiger partial charge in [-0.05, 0) is 56.5 Å². The number of carbonyl (C=O) groups is 1. The molecule has 64 valence electrons. The Bertz CT molecular complexity index is 336. The number of carbonyl (C=O) groups excluding carboxylic acids is 1. The summed E-state index contributed by atoms with van der Waals surface area (Å²) in [5.41, 5.74) is 6.66. The molecule has 1 aromatic rings. The Morgan fingerprint density at radius 2 is 2.00 bits per heavy atom. The summed E-state index contributed by atoms with van der Waals surface area (Å²) in [6.45, 7) is 1.91. The summed E-state index contributed by atoms with van der Waals surface area (Å²) >= 11 is 6.58. The molecule has 0 bridgehead atoms. The summed E-state index contributed by atoms with van der Waals surface area (Å²) in [6, 6.07) is 3.66. The van der Waals surface area contributed by atoms with Crippen molar-refractivity contribution in [2.24, 2.45) is 5.73 Å². The number of hydrogen-bond donors (Lipinski definition) is 1. The van der Waals surface area contributed by atoms with Crippen LogP contribution in [0.5, 0.6) is 0 Å². The molecule has 1 aromatic carbocycles. The third kappa shape index (κ3) is 1.87. The first-order chi connectivity index (χ1) is 5.52. The summed E-state index contributed by atoms with van der Waals surface area (Å²) in [7, 11) is 0. The molecule has 0 spiro atoms. The first-order valence-electron chi connectivity index (χ1n) is 3.28. The van der Waals surface area contributed by atoms with Crippen LogP contribution < -0.4 is 5.73 Å². The van der Waals surface area contributed by atoms with E-state index in [-0.39, 0.29) is 0 Å². The average molecular weight is 293 g/mol. The minimum absolute atomic E-state index is 0.425. The SMILES string of the molecule is Cc1cc(Br)c(Br)c(C(N)=O)c1. The van der Waals surface area contributed by atoms with Crippen LogP contribution in [0, 0.1) is 6.92 Å². The molecule has 1 rings (SSSR count). The van der Waals surface area contributed by atoms with Gasteiger partial charge in [0.05, 0.1) is 5.56 Å². The van der Waals surface area contributed by atoms with Gasteiger partial charge >= 0.3 is 0 Å². The fraction of sp³-hybridized carbons (Fsp3) is 0.125. The number of nitrogens with two attached hydrogens (primary N) is 1. The normalized spacial score (nSPS) is 9.92. The van der Waals surface area contributed by atoms with Crippen LogP contribution >= 0.6 is 31.9 Å². The number of benzene rings is 1. The van der Waals surface area contributed by atoms with E-state index in [1.807, 2.05) is 13.0 Å². The fourth-order valence-electron chi connectivity index (χ4n) is 0.904. The Morgan fingerprint density at radius 3 is 2.50 bits per heavy atom. The molecule has 4 heteroatoms. The van der Waals surface area contributed by atoms with Gasteiger partial charge in [0, 0.05) is 8.95 Å². The molecule has 2 nitrogen and oxygen atoms in total. The van der Waals surface area contributed by atoms with Crippen LogP contribution in [0.25, 0.3) is 0 Å². The molecule has 0 aliphatic rings. The standard InChI is InChI=1S/C8H7Br2NO/c1-4-2-5(8(11)12)7(10)6(9)3-4/h2-3H,1H3,(H2,11,12). The van der Waals surface area contributed by atoms with Gasteiger partial charge in [0.1, 0.15) is 0 Å². The van der Waals surface area contributed by atoms with Gasteiger partial charge in [-0.15, -0.1) is 0 Å². The van der Waals surface area contributed by atoms with Gasteiger partial charge in [0.15, 0.2) is 0 Å². The number of amides is 1. The third-order valence-corrected chi connectivity index (χ3v) is 3.45. The lowest BCUT2D eigenvalue weighted by molar-refractivity contribution is 0.0999. The highest BCUT2D eigenvalue weighted by Crippen LogP contribution is 2.27. The van der Waals surface area contributed by atoms with E-state index < -0.39 is 5.91 Å². The second-order valence-electron chi connectivity index (χ2n) is 2.47. The summed E-state index contributed by atoms with van der Waals surface area (Å²) in [5, 5.41) is 0. The van der Waals surface area contributed by atoms with Crippen molar-refractivity contribution in [1.82, 2.24) is 0 Å². The highest BCUT2D eigenvalue weighted by atomic mass is 79.9. The predicted molar refractivity (Wildman–Crippen MR) is 55.1 cm³/mol. The number of halogens is 2. The highest BCUT2D eigenvalue weighted by molar-refractivity contribution is 9.13. The first-order valence-corrected chi connectivity index (χ1v) is 4.86. The largest absolute Gasteiger partial charge is 0.366 e. The van der Waals surface area contributed by atoms with Crippen molar-refractivity contribution >= 4 is 37.8 Å². The Kier molecular flexibility index (Phi) is 2.90. The lowest BCUT2D eigenvalue weighted by atomic mass is 10.1. The molecule has 0 heterocycles. The highest BCUT2D eigenvalue weighted by Gasteiger charge is 2.09. The minimum atomic E-state index is -0.425. The van der Waals surface area contributed by atoms with E-state index in [9.17, 15) is 4.79 Å². The molecule has 0 unspecified atom stereocenters. The summed E-state index contributed by atoms with van der Waals surface area (Å²) < 4.78 is 1.55. The Labute approximate surface area is 87.4 Å². The lowest BCUT2D eigenvalue weighted by Crippen LogP contribution is -2.12. The fourth-order valence-corrected chi connectivity index (χ4v) is 1.90. The molecule has 0 atom stereocenters. The van der Waals surface area contributed by atoms with Crippen molar-refractivity contribution in [2.45, 2.75) is 6.92 Å². The Balaban J connectivity index is 3.37. The molecule has 2 N–H and O–H groups in total. The monoisotopic (exact) mass is 291 g/mol. The minimum Gasteiger partial charge on any atom is -0.366 e. The van der Waals surface area contributed by atoms with Gasteiger partial charge in [0.25, 0.3) is 0 Å². The molecule has 0 saturated heterocycles. The molecule has 0 fully saturated rings. The van der Waals surface area contributed by atoms with E-state index in [0.29, 0.717) is 10.0 Å². The van der Waals surface area contributed by atoms with Gasteiger partial charge in [-0.1, -0.05) is 0 Å². The van der Waals surface area contributed by atoms with Gasteiger partial charge in [0.2, 0.25) is 5.91 Å². The van der Waals surface area contributed by atoms with E-state index in [0.717, 1.165) is 10.0 Å². The Hall–Kier alpha value is -0.350. The number of hydrogen-bond acceptors (Lipinski definition) is 1. The lowest BCUT2D eigenvalue weighted by Gasteiger charge is -2.03. The van der Waals surface area contributed by atoms with Crippen molar-refractivity contribution in [3.05, 3.63) is 32.2 Å². The van der Waals surface area contributed by atoms with E-state index in [1.165, 1.54) is 0 Å². The van der Waals surface area contributed by atoms with E-state index >= 15 is 0 Å². The zero-order valence-electron chi connectivity index (χ0n) is 6.40. The van der Waals surface area contributed by atoms with Crippen molar-refractivity contribution in [1.29, 1.82) is 0 Å². The molecule has 1 amide bonds. The average Bonchev–Trinajstić information content (AvgIpc) is 1.96. The topological polar surface area (TPSA) is 43.1 Å². The maximum atomic E-state index is 10.9. The second kappa shape index (κ2) is 3.58. The van der Waals surface area contributed by atoms with Gasteiger partial charge in [-0.3, -0.25) is 4.79 Å². The van der Waals surface area contributed by atoms with Crippen molar-refractivity contribution in [3.8, 4) is 0 Å². The molecule has 12 heavy (non-hydrogen) atoms. The molecular weight excluding hydrogens is 286 g/mol. The number of aryl methyl sites for hydroxylation is 1. The quantitative estimate of drug-likeness (QED) is 0.849. The summed E-state index contributed by atoms with van der Waals surface area (Å²) in [6.07, 6.45) is 0. The number of rotatable bonds is 1. The maximum Gasteiger partial charge on any atom is 0.249 e. The van der Waals surface area contributed by atoms with Crippen LogP contribution in [0.4, 0.5) is 0 Å². The molecule has 0 saturated carbocycles. The molecule has 0 aliphatic carbocycles. The van der Waals surface area contributed by atoms with E-state index in [2.05, 4.69) is 31.9 Å².